The molecule has 0 radical (unpaired) electrons. The van der Waals surface area contributed by atoms with Gasteiger partial charge in [-0.2, -0.15) is 5.26 Å². The van der Waals surface area contributed by atoms with Gasteiger partial charge in [0, 0.05) is 29.8 Å². The van der Waals surface area contributed by atoms with Crippen molar-refractivity contribution in [1.29, 1.82) is 5.26 Å². The maximum atomic E-state index is 14.4. The van der Waals surface area contributed by atoms with Crippen LogP contribution in [-0.2, 0) is 5.41 Å². The summed E-state index contributed by atoms with van der Waals surface area (Å²) in [6.45, 7) is 0.227. The Kier molecular flexibility index (Phi) is 5.46. The van der Waals surface area contributed by atoms with Crippen molar-refractivity contribution in [2.45, 2.75) is 24.4 Å². The number of halogens is 3. The Hall–Kier alpha value is -3.67. The number of hydrogen-bond acceptors (Lipinski definition) is 6. The normalized spacial score (nSPS) is 19.9. The van der Waals surface area contributed by atoms with Crippen LogP contribution in [0.2, 0.25) is 0 Å². The molecule has 1 N–H and O–H groups in total. The fraction of sp³-hybridized carbons (Fsp3) is 0.273. The Bertz CT molecular complexity index is 1140. The quantitative estimate of drug-likeness (QED) is 0.638. The molecule has 0 saturated heterocycles. The van der Waals surface area contributed by atoms with Crippen molar-refractivity contribution < 1.29 is 17.9 Å². The van der Waals surface area contributed by atoms with Gasteiger partial charge in [-0.3, -0.25) is 4.98 Å². The Balaban J connectivity index is 1.53. The minimum absolute atomic E-state index is 0.114. The van der Waals surface area contributed by atoms with Crippen LogP contribution in [0.25, 0.3) is 11.3 Å². The van der Waals surface area contributed by atoms with E-state index in [1.54, 1.807) is 12.1 Å². The number of benzene rings is 1. The molecular weight excluding hydrogens is 407 g/mol. The van der Waals surface area contributed by atoms with Crippen LogP contribution in [0.15, 0.2) is 42.6 Å². The molecule has 2 heterocycles. The molecule has 4 rings (SSSR count). The van der Waals surface area contributed by atoms with E-state index in [9.17, 15) is 18.4 Å². The van der Waals surface area contributed by atoms with Crippen LogP contribution in [0.4, 0.5) is 19.0 Å². The molecule has 31 heavy (non-hydrogen) atoms. The number of ether oxygens (including phenoxy) is 1. The van der Waals surface area contributed by atoms with E-state index < -0.39 is 23.2 Å². The van der Waals surface area contributed by atoms with Gasteiger partial charge in [0.2, 0.25) is 0 Å². The third-order valence-electron chi connectivity index (χ3n) is 5.44. The molecule has 1 aromatic carbocycles. The summed E-state index contributed by atoms with van der Waals surface area (Å²) < 4.78 is 47.3. The zero-order valence-corrected chi connectivity index (χ0v) is 16.6. The topological polar surface area (TPSA) is 83.7 Å². The number of nitrogens with zero attached hydrogens (tertiary/aromatic N) is 4. The lowest BCUT2D eigenvalue weighted by Gasteiger charge is -2.44. The van der Waals surface area contributed by atoms with Crippen molar-refractivity contribution in [2.24, 2.45) is 0 Å². The van der Waals surface area contributed by atoms with E-state index in [1.807, 2.05) is 6.07 Å². The highest BCUT2D eigenvalue weighted by Crippen LogP contribution is 2.45. The average molecular weight is 425 g/mol. The number of rotatable bonds is 6. The lowest BCUT2D eigenvalue weighted by molar-refractivity contribution is 0.0964. The number of hydrogen-bond donors (Lipinski definition) is 1. The number of alkyl halides is 1. The highest BCUT2D eigenvalue weighted by atomic mass is 19.1. The van der Waals surface area contributed by atoms with Crippen molar-refractivity contribution in [1.82, 2.24) is 15.2 Å². The molecule has 2 aromatic heterocycles. The molecule has 0 spiro atoms. The van der Waals surface area contributed by atoms with Gasteiger partial charge in [-0.25, -0.2) is 13.2 Å². The molecule has 0 amide bonds. The number of nitriles is 1. The van der Waals surface area contributed by atoms with E-state index in [-0.39, 0.29) is 47.7 Å². The molecule has 3 aromatic rings. The summed E-state index contributed by atoms with van der Waals surface area (Å²) in [5.41, 5.74) is -0.0179. The summed E-state index contributed by atoms with van der Waals surface area (Å²) in [5, 5.41) is 20.3. The highest BCUT2D eigenvalue weighted by Gasteiger charge is 2.48. The van der Waals surface area contributed by atoms with Crippen molar-refractivity contribution in [3.8, 4) is 23.1 Å². The largest absolute Gasteiger partial charge is 0.495 e. The summed E-state index contributed by atoms with van der Waals surface area (Å²) >= 11 is 0. The first-order valence-electron chi connectivity index (χ1n) is 9.56. The predicted octanol–water partition coefficient (Wildman–Crippen LogP) is 4.18. The number of pyridine rings is 1. The van der Waals surface area contributed by atoms with Crippen molar-refractivity contribution >= 4 is 5.82 Å². The monoisotopic (exact) mass is 425 g/mol. The van der Waals surface area contributed by atoms with Crippen molar-refractivity contribution in [2.75, 3.05) is 19.0 Å². The molecule has 1 saturated carbocycles. The molecule has 158 valence electrons. The summed E-state index contributed by atoms with van der Waals surface area (Å²) in [5.74, 6) is -0.565. The number of anilines is 1. The van der Waals surface area contributed by atoms with Crippen molar-refractivity contribution in [3.63, 3.8) is 0 Å². The lowest BCUT2D eigenvalue weighted by atomic mass is 9.65. The maximum absolute atomic E-state index is 14.4. The molecule has 0 unspecified atom stereocenters. The zero-order valence-electron chi connectivity index (χ0n) is 16.6. The Morgan fingerprint density at radius 2 is 2.00 bits per heavy atom. The highest BCUT2D eigenvalue weighted by molar-refractivity contribution is 5.65. The first-order chi connectivity index (χ1) is 15.0. The molecular formula is C22H18F3N5O. The van der Waals surface area contributed by atoms with Crippen molar-refractivity contribution in [3.05, 3.63) is 65.5 Å². The van der Waals surface area contributed by atoms with Crippen LogP contribution >= 0.6 is 0 Å². The SMILES string of the molecule is COc1cc(F)c(-c2ccc(NCC3(c4ncccc4F)CC(F)C3)nn2)cc1C#N. The molecule has 9 heteroatoms. The fourth-order valence-corrected chi connectivity index (χ4v) is 3.82. The summed E-state index contributed by atoms with van der Waals surface area (Å²) in [6.07, 6.45) is 0.796. The minimum Gasteiger partial charge on any atom is -0.495 e. The van der Waals surface area contributed by atoms with Crippen LogP contribution < -0.4 is 10.1 Å². The summed E-state index contributed by atoms with van der Waals surface area (Å²) in [4.78, 5) is 4.12. The van der Waals surface area contributed by atoms with Gasteiger partial charge in [0.25, 0.3) is 0 Å². The second kappa shape index (κ2) is 8.22. The second-order valence-corrected chi connectivity index (χ2v) is 7.42. The molecule has 1 aliphatic carbocycles. The third-order valence-corrected chi connectivity index (χ3v) is 5.44. The average Bonchev–Trinajstić information content (AvgIpc) is 2.76. The number of nitrogens with one attached hydrogen (secondary N) is 1. The maximum Gasteiger partial charge on any atom is 0.148 e. The van der Waals surface area contributed by atoms with Gasteiger partial charge in [0.1, 0.15) is 35.4 Å². The lowest BCUT2D eigenvalue weighted by Crippen LogP contribution is -2.49. The summed E-state index contributed by atoms with van der Waals surface area (Å²) in [7, 11) is 1.35. The number of aromatic nitrogens is 3. The van der Waals surface area contributed by atoms with Crippen LogP contribution in [0.5, 0.6) is 5.75 Å². The van der Waals surface area contributed by atoms with Gasteiger partial charge < -0.3 is 10.1 Å². The van der Waals surface area contributed by atoms with Gasteiger partial charge in [0.05, 0.1) is 24.1 Å². The smallest absolute Gasteiger partial charge is 0.148 e. The molecule has 0 bridgehead atoms. The predicted molar refractivity (Wildman–Crippen MR) is 107 cm³/mol. The van der Waals surface area contributed by atoms with Crippen LogP contribution in [0.1, 0.15) is 24.1 Å². The van der Waals surface area contributed by atoms with Gasteiger partial charge in [-0.1, -0.05) is 0 Å². The van der Waals surface area contributed by atoms with E-state index >= 15 is 0 Å². The minimum atomic E-state index is -1.01. The third kappa shape index (κ3) is 3.89. The Morgan fingerprint density at radius 1 is 1.19 bits per heavy atom. The summed E-state index contributed by atoms with van der Waals surface area (Å²) in [6, 6.07) is 10.4. The molecule has 1 fully saturated rings. The molecule has 6 nitrogen and oxygen atoms in total. The van der Waals surface area contributed by atoms with Crippen LogP contribution in [0.3, 0.4) is 0 Å². The standard InChI is InChI=1S/C22H18F3N5O/c1-31-19-8-17(25)15(7-13(19)11-26)18-4-5-20(30-29-18)28-12-22(9-14(23)10-22)21-16(24)3-2-6-27-21/h2-8,14H,9-10,12H2,1H3,(H,28,30). The molecule has 0 aliphatic heterocycles. The van der Waals surface area contributed by atoms with E-state index in [1.165, 1.54) is 31.5 Å². The second-order valence-electron chi connectivity index (χ2n) is 7.42. The van der Waals surface area contributed by atoms with E-state index in [0.717, 1.165) is 6.07 Å². The van der Waals surface area contributed by atoms with Gasteiger partial charge >= 0.3 is 0 Å². The van der Waals surface area contributed by atoms with Crippen LogP contribution in [0, 0.1) is 23.0 Å². The number of methoxy groups -OCH3 is 1. The molecule has 0 atom stereocenters. The van der Waals surface area contributed by atoms with Gasteiger partial charge in [-0.15, -0.1) is 10.2 Å². The first kappa shape index (κ1) is 20.6. The van der Waals surface area contributed by atoms with Crippen LogP contribution in [-0.4, -0.2) is 35.0 Å². The Labute approximate surface area is 176 Å². The van der Waals surface area contributed by atoms with E-state index in [0.29, 0.717) is 5.82 Å². The Morgan fingerprint density at radius 3 is 2.61 bits per heavy atom. The van der Waals surface area contributed by atoms with E-state index in [4.69, 9.17) is 4.74 Å². The first-order valence-corrected chi connectivity index (χ1v) is 9.56. The zero-order chi connectivity index (χ0) is 22.0. The fourth-order valence-electron chi connectivity index (χ4n) is 3.82. The van der Waals surface area contributed by atoms with E-state index in [2.05, 4.69) is 20.5 Å². The van der Waals surface area contributed by atoms with Gasteiger partial charge in [0.15, 0.2) is 0 Å². The van der Waals surface area contributed by atoms with Gasteiger partial charge in [-0.05, 0) is 43.2 Å². The molecule has 1 aliphatic rings.